The Morgan fingerprint density at radius 1 is 1.21 bits per heavy atom. The van der Waals surface area contributed by atoms with E-state index in [1.165, 1.54) is 4.57 Å². The Labute approximate surface area is 174 Å². The van der Waals surface area contributed by atoms with Gasteiger partial charge < -0.3 is 10.3 Å². The fourth-order valence-electron chi connectivity index (χ4n) is 3.92. The molecule has 0 unspecified atom stereocenters. The van der Waals surface area contributed by atoms with Crippen LogP contribution >= 0.6 is 11.6 Å². The van der Waals surface area contributed by atoms with Gasteiger partial charge in [-0.25, -0.2) is 0 Å². The van der Waals surface area contributed by atoms with Crippen molar-refractivity contribution < 1.29 is 4.79 Å². The first-order valence-electron chi connectivity index (χ1n) is 9.56. The molecule has 2 aliphatic rings. The highest BCUT2D eigenvalue weighted by Crippen LogP contribution is 2.43. The second-order valence-corrected chi connectivity index (χ2v) is 8.08. The Balaban J connectivity index is 1.95. The van der Waals surface area contributed by atoms with Gasteiger partial charge in [-0.15, -0.1) is 0 Å². The summed E-state index contributed by atoms with van der Waals surface area (Å²) in [6.07, 6.45) is 3.66. The number of pyridine rings is 1. The maximum atomic E-state index is 13.6. The highest BCUT2D eigenvalue weighted by atomic mass is 35.5. The van der Waals surface area contributed by atoms with E-state index < -0.39 is 6.04 Å². The van der Waals surface area contributed by atoms with E-state index in [0.717, 1.165) is 18.4 Å². The molecule has 0 spiro atoms. The molecule has 1 aliphatic heterocycles. The third kappa shape index (κ3) is 3.27. The number of anilines is 1. The molecule has 1 amide bonds. The van der Waals surface area contributed by atoms with Gasteiger partial charge in [0.25, 0.3) is 11.5 Å². The Hall–Kier alpha value is -2.86. The van der Waals surface area contributed by atoms with Crippen molar-refractivity contribution in [3.8, 4) is 0 Å². The van der Waals surface area contributed by atoms with Gasteiger partial charge in [0.1, 0.15) is 6.04 Å². The molecule has 7 heteroatoms. The van der Waals surface area contributed by atoms with Crippen LogP contribution in [0, 0.1) is 12.8 Å². The maximum absolute atomic E-state index is 13.6. The first-order chi connectivity index (χ1) is 13.8. The number of rotatable bonds is 3. The topological polar surface area (TPSA) is 80.7 Å². The van der Waals surface area contributed by atoms with Crippen molar-refractivity contribution in [3.63, 3.8) is 0 Å². The average molecular weight is 411 g/mol. The molecule has 1 aromatic carbocycles. The second kappa shape index (κ2) is 7.19. The lowest BCUT2D eigenvalue weighted by Gasteiger charge is -2.25. The molecule has 2 N–H and O–H groups in total. The molecule has 4 rings (SSSR count). The quantitative estimate of drug-likeness (QED) is 0.789. The number of nitrogens with zero attached hydrogens (tertiary/aromatic N) is 3. The molecular weight excluding hydrogens is 388 g/mol. The highest BCUT2D eigenvalue weighted by molar-refractivity contribution is 6.35. The number of benzene rings is 1. The van der Waals surface area contributed by atoms with E-state index in [4.69, 9.17) is 17.3 Å². The molecule has 1 aliphatic carbocycles. The van der Waals surface area contributed by atoms with Crippen molar-refractivity contribution in [2.24, 2.45) is 23.7 Å². The van der Waals surface area contributed by atoms with E-state index in [-0.39, 0.29) is 17.4 Å². The number of amides is 1. The van der Waals surface area contributed by atoms with Crippen molar-refractivity contribution in [1.82, 2.24) is 4.57 Å². The number of hydrogen-bond acceptors (Lipinski definition) is 4. The van der Waals surface area contributed by atoms with Crippen LogP contribution < -0.4 is 16.2 Å². The molecule has 2 heterocycles. The summed E-state index contributed by atoms with van der Waals surface area (Å²) in [5, 5.41) is 0.617. The largest absolute Gasteiger partial charge is 0.401 e. The van der Waals surface area contributed by atoms with Gasteiger partial charge in [-0.05, 0) is 49.4 Å². The minimum absolute atomic E-state index is 0.0962. The van der Waals surface area contributed by atoms with Crippen molar-refractivity contribution >= 4 is 28.9 Å². The van der Waals surface area contributed by atoms with E-state index in [1.807, 2.05) is 12.1 Å². The molecule has 1 saturated carbocycles. The lowest BCUT2D eigenvalue weighted by atomic mass is 9.98. The Morgan fingerprint density at radius 2 is 1.86 bits per heavy atom. The van der Waals surface area contributed by atoms with Crippen molar-refractivity contribution in [3.05, 3.63) is 74.3 Å². The smallest absolute Gasteiger partial charge is 0.262 e. The standard InChI is InChI=1S/C22H23ClN4O2/c1-12-10-16(11-26(3)21(12)28)27-20(14-6-8-15(23)9-7-14)19(25-2)17(22(27)29)18(24)13-4-5-13/h6-11,13,20H,4-5,24H2,1-3H3/t20-/m1/s1. The van der Waals surface area contributed by atoms with Crippen LogP contribution in [0.4, 0.5) is 5.69 Å². The molecule has 29 heavy (non-hydrogen) atoms. The van der Waals surface area contributed by atoms with E-state index in [9.17, 15) is 9.59 Å². The fraction of sp³-hybridized carbons (Fsp3) is 0.318. The van der Waals surface area contributed by atoms with Crippen LogP contribution in [0.3, 0.4) is 0 Å². The molecular formula is C22H23ClN4O2. The zero-order valence-corrected chi connectivity index (χ0v) is 17.4. The Morgan fingerprint density at radius 3 is 2.41 bits per heavy atom. The lowest BCUT2D eigenvalue weighted by Crippen LogP contribution is -2.31. The zero-order chi connectivity index (χ0) is 20.9. The molecule has 0 bridgehead atoms. The third-order valence-corrected chi connectivity index (χ3v) is 5.82. The van der Waals surface area contributed by atoms with Crippen molar-refractivity contribution in [2.75, 3.05) is 11.9 Å². The number of aryl methyl sites for hydroxylation is 2. The minimum Gasteiger partial charge on any atom is -0.401 e. The Bertz CT molecular complexity index is 1080. The van der Waals surface area contributed by atoms with Crippen LogP contribution in [0.5, 0.6) is 0 Å². The zero-order valence-electron chi connectivity index (χ0n) is 16.6. The van der Waals surface area contributed by atoms with Gasteiger partial charge in [0.15, 0.2) is 0 Å². The summed E-state index contributed by atoms with van der Waals surface area (Å²) >= 11 is 6.08. The van der Waals surface area contributed by atoms with Gasteiger partial charge in [0, 0.05) is 36.6 Å². The van der Waals surface area contributed by atoms with Crippen LogP contribution in [0.2, 0.25) is 5.02 Å². The minimum atomic E-state index is -0.436. The lowest BCUT2D eigenvalue weighted by molar-refractivity contribution is -0.114. The summed E-state index contributed by atoms with van der Waals surface area (Å²) in [7, 11) is 3.36. The van der Waals surface area contributed by atoms with Gasteiger partial charge in [0.05, 0.1) is 17.0 Å². The van der Waals surface area contributed by atoms with Crippen molar-refractivity contribution in [1.29, 1.82) is 0 Å². The number of aliphatic imine (C=N–C) groups is 1. The molecule has 1 saturated heterocycles. The SMILES string of the molecule is CN=C1C(=C(N)C2CC2)C(=O)N(c2cc(C)c(=O)n(C)c2)[C@@H]1c1ccc(Cl)cc1. The van der Waals surface area contributed by atoms with Gasteiger partial charge in [0.2, 0.25) is 0 Å². The number of nitrogens with two attached hydrogens (primary N) is 1. The van der Waals surface area contributed by atoms with E-state index in [1.54, 1.807) is 50.3 Å². The highest BCUT2D eigenvalue weighted by Gasteiger charge is 2.46. The van der Waals surface area contributed by atoms with E-state index in [2.05, 4.69) is 4.99 Å². The predicted octanol–water partition coefficient (Wildman–Crippen LogP) is 3.13. The predicted molar refractivity (Wildman–Crippen MR) is 115 cm³/mol. The first-order valence-corrected chi connectivity index (χ1v) is 9.94. The number of carbonyl (C=O) groups excluding carboxylic acids is 1. The third-order valence-electron chi connectivity index (χ3n) is 5.56. The Kier molecular flexibility index (Phi) is 4.82. The van der Waals surface area contributed by atoms with E-state index >= 15 is 0 Å². The molecule has 2 aromatic rings. The molecule has 1 atom stereocenters. The average Bonchev–Trinajstić information content (AvgIpc) is 3.49. The van der Waals surface area contributed by atoms with Crippen LogP contribution in [-0.4, -0.2) is 23.2 Å². The normalized spacial score (nSPS) is 22.5. The van der Waals surface area contributed by atoms with Gasteiger partial charge in [-0.1, -0.05) is 23.7 Å². The molecule has 150 valence electrons. The molecule has 6 nitrogen and oxygen atoms in total. The van der Waals surface area contributed by atoms with Gasteiger partial charge in [-0.3, -0.25) is 19.5 Å². The maximum Gasteiger partial charge on any atom is 0.262 e. The first kappa shape index (κ1) is 19.5. The fourth-order valence-corrected chi connectivity index (χ4v) is 4.04. The molecule has 2 fully saturated rings. The van der Waals surface area contributed by atoms with E-state index in [0.29, 0.717) is 33.3 Å². The number of hydrogen-bond donors (Lipinski definition) is 1. The van der Waals surface area contributed by atoms with Crippen LogP contribution in [0.25, 0.3) is 0 Å². The monoisotopic (exact) mass is 410 g/mol. The van der Waals surface area contributed by atoms with Crippen LogP contribution in [-0.2, 0) is 11.8 Å². The summed E-state index contributed by atoms with van der Waals surface area (Å²) < 4.78 is 1.49. The second-order valence-electron chi connectivity index (χ2n) is 7.64. The number of halogens is 1. The number of allylic oxidation sites excluding steroid dienone is 1. The summed E-state index contributed by atoms with van der Waals surface area (Å²) in [6, 6.07) is 8.68. The molecule has 0 radical (unpaired) electrons. The van der Waals surface area contributed by atoms with Crippen LogP contribution in [0.1, 0.15) is 30.0 Å². The summed E-state index contributed by atoms with van der Waals surface area (Å²) in [5.74, 6) is 0.0476. The molecule has 1 aromatic heterocycles. The summed E-state index contributed by atoms with van der Waals surface area (Å²) in [5.41, 5.74) is 10.1. The number of aromatic nitrogens is 1. The number of carbonyl (C=O) groups is 1. The van der Waals surface area contributed by atoms with Crippen molar-refractivity contribution in [2.45, 2.75) is 25.8 Å². The van der Waals surface area contributed by atoms with Gasteiger partial charge >= 0.3 is 0 Å². The summed E-state index contributed by atoms with van der Waals surface area (Å²) in [6.45, 7) is 1.74. The summed E-state index contributed by atoms with van der Waals surface area (Å²) in [4.78, 5) is 32.0. The van der Waals surface area contributed by atoms with Gasteiger partial charge in [-0.2, -0.15) is 0 Å². The van der Waals surface area contributed by atoms with Crippen LogP contribution in [0.15, 0.2) is 57.6 Å².